The lowest BCUT2D eigenvalue weighted by molar-refractivity contribution is -0.118. The van der Waals surface area contributed by atoms with Crippen molar-refractivity contribution in [3.8, 4) is 0 Å². The van der Waals surface area contributed by atoms with Crippen LogP contribution in [0.5, 0.6) is 0 Å². The first kappa shape index (κ1) is 16.3. The minimum atomic E-state index is -0.190. The topological polar surface area (TPSA) is 52.7 Å². The van der Waals surface area contributed by atoms with Crippen molar-refractivity contribution in [1.82, 2.24) is 4.90 Å². The fourth-order valence-electron chi connectivity index (χ4n) is 2.67. The summed E-state index contributed by atoms with van der Waals surface area (Å²) >= 11 is 5.91. The van der Waals surface area contributed by atoms with Gasteiger partial charge in [-0.05, 0) is 42.5 Å². The smallest absolute Gasteiger partial charge is 0.255 e. The Morgan fingerprint density at radius 1 is 1.04 bits per heavy atom. The molecular formula is C18H18ClN3O2. The molecule has 0 aromatic heterocycles. The van der Waals surface area contributed by atoms with Crippen molar-refractivity contribution in [3.05, 3.63) is 59.1 Å². The summed E-state index contributed by atoms with van der Waals surface area (Å²) in [6.45, 7) is 3.09. The number of hydrogen-bond donors (Lipinski definition) is 1. The lowest BCUT2D eigenvalue weighted by atomic mass is 10.2. The van der Waals surface area contributed by atoms with Crippen molar-refractivity contribution in [2.24, 2.45) is 0 Å². The van der Waals surface area contributed by atoms with Crippen LogP contribution in [-0.4, -0.2) is 43.4 Å². The van der Waals surface area contributed by atoms with Gasteiger partial charge in [-0.2, -0.15) is 0 Å². The number of nitrogens with zero attached hydrogens (tertiary/aromatic N) is 2. The molecule has 1 aliphatic heterocycles. The molecule has 0 radical (unpaired) electrons. The molecular weight excluding hydrogens is 326 g/mol. The van der Waals surface area contributed by atoms with E-state index in [9.17, 15) is 9.59 Å². The number of rotatable bonds is 4. The van der Waals surface area contributed by atoms with E-state index in [1.54, 1.807) is 29.2 Å². The minimum absolute atomic E-state index is 0.190. The summed E-state index contributed by atoms with van der Waals surface area (Å²) in [5, 5.41) is 3.40. The first-order chi connectivity index (χ1) is 11.7. The fraction of sp³-hybridized carbons (Fsp3) is 0.222. The Hall–Kier alpha value is -2.53. The number of piperazine rings is 1. The molecule has 0 aliphatic carbocycles. The number of nitrogens with one attached hydrogen (secondary N) is 1. The molecule has 1 heterocycles. The maximum absolute atomic E-state index is 12.2. The van der Waals surface area contributed by atoms with Gasteiger partial charge in [0.05, 0.1) is 0 Å². The summed E-state index contributed by atoms with van der Waals surface area (Å²) < 4.78 is 0. The predicted molar refractivity (Wildman–Crippen MR) is 95.7 cm³/mol. The maximum Gasteiger partial charge on any atom is 0.255 e. The second-order valence-corrected chi connectivity index (χ2v) is 6.08. The highest BCUT2D eigenvalue weighted by molar-refractivity contribution is 6.31. The highest BCUT2D eigenvalue weighted by Crippen LogP contribution is 2.20. The van der Waals surface area contributed by atoms with E-state index in [1.165, 1.54) is 0 Å². The summed E-state index contributed by atoms with van der Waals surface area (Å²) in [5.41, 5.74) is 2.34. The highest BCUT2D eigenvalue weighted by atomic mass is 35.5. The maximum atomic E-state index is 12.2. The second-order valence-electron chi connectivity index (χ2n) is 5.64. The molecule has 6 heteroatoms. The van der Waals surface area contributed by atoms with E-state index in [0.29, 0.717) is 10.6 Å². The first-order valence-corrected chi connectivity index (χ1v) is 8.15. The molecule has 0 unspecified atom stereocenters. The summed E-state index contributed by atoms with van der Waals surface area (Å²) in [4.78, 5) is 26.9. The Morgan fingerprint density at radius 2 is 1.75 bits per heavy atom. The van der Waals surface area contributed by atoms with E-state index in [2.05, 4.69) is 10.2 Å². The number of hydrogen-bond acceptors (Lipinski definition) is 3. The Balaban J connectivity index is 1.62. The number of benzene rings is 2. The van der Waals surface area contributed by atoms with Gasteiger partial charge in [-0.3, -0.25) is 9.59 Å². The third kappa shape index (κ3) is 3.86. The van der Waals surface area contributed by atoms with Gasteiger partial charge >= 0.3 is 0 Å². The van der Waals surface area contributed by atoms with Crippen LogP contribution in [0.4, 0.5) is 11.4 Å². The molecule has 2 aromatic carbocycles. The molecule has 24 heavy (non-hydrogen) atoms. The largest absolute Gasteiger partial charge is 0.368 e. The molecule has 1 aliphatic rings. The number of halogens is 1. The van der Waals surface area contributed by atoms with Crippen molar-refractivity contribution < 1.29 is 9.59 Å². The van der Waals surface area contributed by atoms with Gasteiger partial charge < -0.3 is 15.1 Å². The van der Waals surface area contributed by atoms with Crippen molar-refractivity contribution in [3.63, 3.8) is 0 Å². The zero-order valence-electron chi connectivity index (χ0n) is 13.1. The molecule has 1 saturated heterocycles. The summed E-state index contributed by atoms with van der Waals surface area (Å²) in [6.07, 6.45) is 0.895. The number of amides is 2. The van der Waals surface area contributed by atoms with Gasteiger partial charge in [0.2, 0.25) is 6.41 Å². The van der Waals surface area contributed by atoms with Crippen LogP contribution >= 0.6 is 11.6 Å². The molecule has 2 aromatic rings. The zero-order valence-corrected chi connectivity index (χ0v) is 13.9. The second kappa shape index (κ2) is 7.36. The van der Waals surface area contributed by atoms with Gasteiger partial charge in [0.25, 0.3) is 5.91 Å². The molecule has 1 N–H and O–H groups in total. The SMILES string of the molecule is O=CN1CCN(c2ccc(NC(=O)c3cccc(Cl)c3)cc2)CC1. The van der Waals surface area contributed by atoms with Crippen LogP contribution in [0, 0.1) is 0 Å². The zero-order chi connectivity index (χ0) is 16.9. The Labute approximate surface area is 145 Å². The van der Waals surface area contributed by atoms with Crippen molar-refractivity contribution in [1.29, 1.82) is 0 Å². The lowest BCUT2D eigenvalue weighted by Crippen LogP contribution is -2.45. The normalized spacial score (nSPS) is 14.4. The monoisotopic (exact) mass is 343 g/mol. The molecule has 0 spiro atoms. The van der Waals surface area contributed by atoms with E-state index in [-0.39, 0.29) is 5.91 Å². The van der Waals surface area contributed by atoms with E-state index in [0.717, 1.165) is 44.0 Å². The van der Waals surface area contributed by atoms with E-state index < -0.39 is 0 Å². The Bertz CT molecular complexity index is 725. The van der Waals surface area contributed by atoms with Gasteiger partial charge in [0, 0.05) is 48.1 Å². The standard InChI is InChI=1S/C18H18ClN3O2/c19-15-3-1-2-14(12-15)18(24)20-16-4-6-17(7-5-16)22-10-8-21(13-23)9-11-22/h1-7,12-13H,8-11H2,(H,20,24). The predicted octanol–water partition coefficient (Wildman–Crippen LogP) is 2.87. The molecule has 2 amide bonds. The van der Waals surface area contributed by atoms with E-state index in [1.807, 2.05) is 24.3 Å². The molecule has 0 saturated carbocycles. The third-order valence-electron chi connectivity index (χ3n) is 4.04. The van der Waals surface area contributed by atoms with Gasteiger partial charge in [-0.1, -0.05) is 17.7 Å². The van der Waals surface area contributed by atoms with Crippen LogP contribution < -0.4 is 10.2 Å². The average Bonchev–Trinajstić information content (AvgIpc) is 2.62. The Kier molecular flexibility index (Phi) is 5.01. The highest BCUT2D eigenvalue weighted by Gasteiger charge is 2.15. The first-order valence-electron chi connectivity index (χ1n) is 7.77. The number of anilines is 2. The van der Waals surface area contributed by atoms with Gasteiger partial charge in [-0.15, -0.1) is 0 Å². The van der Waals surface area contributed by atoms with Gasteiger partial charge in [0.15, 0.2) is 0 Å². The van der Waals surface area contributed by atoms with Crippen molar-refractivity contribution >= 4 is 35.3 Å². The van der Waals surface area contributed by atoms with Crippen LogP contribution in [0.1, 0.15) is 10.4 Å². The van der Waals surface area contributed by atoms with Crippen LogP contribution in [0.25, 0.3) is 0 Å². The third-order valence-corrected chi connectivity index (χ3v) is 4.28. The molecule has 124 valence electrons. The molecule has 0 bridgehead atoms. The average molecular weight is 344 g/mol. The van der Waals surface area contributed by atoms with Crippen LogP contribution in [-0.2, 0) is 4.79 Å². The molecule has 0 atom stereocenters. The number of carbonyl (C=O) groups excluding carboxylic acids is 2. The summed E-state index contributed by atoms with van der Waals surface area (Å²) in [5.74, 6) is -0.190. The quantitative estimate of drug-likeness (QED) is 0.868. The summed E-state index contributed by atoms with van der Waals surface area (Å²) in [6, 6.07) is 14.6. The summed E-state index contributed by atoms with van der Waals surface area (Å²) in [7, 11) is 0. The van der Waals surface area contributed by atoms with E-state index >= 15 is 0 Å². The molecule has 5 nitrogen and oxygen atoms in total. The molecule has 1 fully saturated rings. The Morgan fingerprint density at radius 3 is 2.38 bits per heavy atom. The van der Waals surface area contributed by atoms with Crippen LogP contribution in [0.15, 0.2) is 48.5 Å². The number of carbonyl (C=O) groups is 2. The van der Waals surface area contributed by atoms with Crippen LogP contribution in [0.3, 0.4) is 0 Å². The lowest BCUT2D eigenvalue weighted by Gasteiger charge is -2.34. The van der Waals surface area contributed by atoms with E-state index in [4.69, 9.17) is 11.6 Å². The molecule has 3 rings (SSSR count). The van der Waals surface area contributed by atoms with Crippen LogP contribution in [0.2, 0.25) is 5.02 Å². The van der Waals surface area contributed by atoms with Crippen molar-refractivity contribution in [2.45, 2.75) is 0 Å². The van der Waals surface area contributed by atoms with Crippen molar-refractivity contribution in [2.75, 3.05) is 36.4 Å². The minimum Gasteiger partial charge on any atom is -0.368 e. The van der Waals surface area contributed by atoms with Gasteiger partial charge in [0.1, 0.15) is 0 Å². The fourth-order valence-corrected chi connectivity index (χ4v) is 2.86. The van der Waals surface area contributed by atoms with Gasteiger partial charge in [-0.25, -0.2) is 0 Å².